The fraction of sp³-hybridized carbons (Fsp3) is 0.263. The van der Waals surface area contributed by atoms with Gasteiger partial charge in [0.25, 0.3) is 11.8 Å². The molecule has 0 bridgehead atoms. The number of hydrogen-bond donors (Lipinski definition) is 2. The maximum atomic E-state index is 12.4. The van der Waals surface area contributed by atoms with Crippen molar-refractivity contribution >= 4 is 17.5 Å². The predicted octanol–water partition coefficient (Wildman–Crippen LogP) is 2.84. The SMILES string of the molecule is O=C(COc1ccccc1C(=O)Nc1ccccc1)NCC1CC1. The first-order valence-corrected chi connectivity index (χ1v) is 8.07. The molecular weight excluding hydrogens is 304 g/mol. The van der Waals surface area contributed by atoms with Gasteiger partial charge in [-0.1, -0.05) is 30.3 Å². The molecule has 2 amide bonds. The van der Waals surface area contributed by atoms with Crippen LogP contribution in [0.3, 0.4) is 0 Å². The first kappa shape index (κ1) is 16.1. The molecule has 0 atom stereocenters. The third-order valence-corrected chi connectivity index (χ3v) is 3.81. The second kappa shape index (κ2) is 7.64. The van der Waals surface area contributed by atoms with Gasteiger partial charge < -0.3 is 15.4 Å². The molecule has 24 heavy (non-hydrogen) atoms. The van der Waals surface area contributed by atoms with Crippen molar-refractivity contribution in [3.05, 3.63) is 60.2 Å². The van der Waals surface area contributed by atoms with Gasteiger partial charge in [-0.3, -0.25) is 9.59 Å². The third kappa shape index (κ3) is 4.59. The Hall–Kier alpha value is -2.82. The summed E-state index contributed by atoms with van der Waals surface area (Å²) in [6.07, 6.45) is 2.37. The summed E-state index contributed by atoms with van der Waals surface area (Å²) in [5, 5.41) is 5.65. The monoisotopic (exact) mass is 324 g/mol. The van der Waals surface area contributed by atoms with Crippen LogP contribution < -0.4 is 15.4 Å². The Morgan fingerprint density at radius 3 is 2.46 bits per heavy atom. The molecule has 2 aromatic carbocycles. The highest BCUT2D eigenvalue weighted by Crippen LogP contribution is 2.27. The van der Waals surface area contributed by atoms with Gasteiger partial charge in [0.1, 0.15) is 5.75 Å². The molecule has 0 aliphatic heterocycles. The molecule has 5 nitrogen and oxygen atoms in total. The summed E-state index contributed by atoms with van der Waals surface area (Å²) in [6, 6.07) is 16.1. The Kier molecular flexibility index (Phi) is 5.11. The quantitative estimate of drug-likeness (QED) is 0.823. The van der Waals surface area contributed by atoms with Gasteiger partial charge in [0.2, 0.25) is 0 Å². The molecular formula is C19H20N2O3. The van der Waals surface area contributed by atoms with E-state index in [0.717, 1.165) is 0 Å². The number of ether oxygens (including phenoxy) is 1. The Morgan fingerprint density at radius 1 is 1.00 bits per heavy atom. The van der Waals surface area contributed by atoms with Gasteiger partial charge in [-0.05, 0) is 43.0 Å². The highest BCUT2D eigenvalue weighted by Gasteiger charge is 2.21. The van der Waals surface area contributed by atoms with Gasteiger partial charge in [0, 0.05) is 12.2 Å². The second-order valence-corrected chi connectivity index (χ2v) is 5.85. The fourth-order valence-electron chi connectivity index (χ4n) is 2.27. The Morgan fingerprint density at radius 2 is 1.71 bits per heavy atom. The second-order valence-electron chi connectivity index (χ2n) is 5.85. The molecule has 0 unspecified atom stereocenters. The summed E-state index contributed by atoms with van der Waals surface area (Å²) in [6.45, 7) is 0.612. The van der Waals surface area contributed by atoms with Crippen molar-refractivity contribution in [2.75, 3.05) is 18.5 Å². The number of amides is 2. The van der Waals surface area contributed by atoms with Crippen LogP contribution in [0.4, 0.5) is 5.69 Å². The number of benzene rings is 2. The summed E-state index contributed by atoms with van der Waals surface area (Å²) >= 11 is 0. The van der Waals surface area contributed by atoms with Crippen LogP contribution >= 0.6 is 0 Å². The maximum absolute atomic E-state index is 12.4. The van der Waals surface area contributed by atoms with Gasteiger partial charge >= 0.3 is 0 Å². The van der Waals surface area contributed by atoms with E-state index in [2.05, 4.69) is 10.6 Å². The summed E-state index contributed by atoms with van der Waals surface area (Å²) in [4.78, 5) is 24.2. The van der Waals surface area contributed by atoms with Gasteiger partial charge in [-0.15, -0.1) is 0 Å². The van der Waals surface area contributed by atoms with Crippen LogP contribution in [0.1, 0.15) is 23.2 Å². The van der Waals surface area contributed by atoms with Crippen LogP contribution in [0.15, 0.2) is 54.6 Å². The van der Waals surface area contributed by atoms with E-state index < -0.39 is 0 Å². The van der Waals surface area contributed by atoms with Crippen molar-refractivity contribution in [1.82, 2.24) is 5.32 Å². The van der Waals surface area contributed by atoms with Crippen LogP contribution in [0.2, 0.25) is 0 Å². The minimum atomic E-state index is -0.268. The number of carbonyl (C=O) groups excluding carboxylic acids is 2. The van der Waals surface area contributed by atoms with Crippen LogP contribution in [0, 0.1) is 5.92 Å². The summed E-state index contributed by atoms with van der Waals surface area (Å²) in [7, 11) is 0. The highest BCUT2D eigenvalue weighted by atomic mass is 16.5. The summed E-state index contributed by atoms with van der Waals surface area (Å²) in [5.74, 6) is 0.584. The van der Waals surface area contributed by atoms with Gasteiger partial charge in [0.05, 0.1) is 5.56 Å². The lowest BCUT2D eigenvalue weighted by Crippen LogP contribution is -2.30. The summed E-state index contributed by atoms with van der Waals surface area (Å²) in [5.41, 5.74) is 1.11. The Bertz CT molecular complexity index is 712. The zero-order valence-electron chi connectivity index (χ0n) is 13.3. The lowest BCUT2D eigenvalue weighted by molar-refractivity contribution is -0.123. The number of rotatable bonds is 7. The van der Waals surface area contributed by atoms with Crippen molar-refractivity contribution in [2.24, 2.45) is 5.92 Å². The number of nitrogens with one attached hydrogen (secondary N) is 2. The standard InChI is InChI=1S/C19H20N2O3/c22-18(20-12-14-10-11-14)13-24-17-9-5-4-8-16(17)19(23)21-15-6-2-1-3-7-15/h1-9,14H,10-13H2,(H,20,22)(H,21,23). The van der Waals surface area contributed by atoms with Crippen LogP contribution in [0.5, 0.6) is 5.75 Å². The normalized spacial score (nSPS) is 13.2. The maximum Gasteiger partial charge on any atom is 0.259 e. The zero-order valence-corrected chi connectivity index (χ0v) is 13.3. The predicted molar refractivity (Wildman–Crippen MR) is 92.1 cm³/mol. The smallest absolute Gasteiger partial charge is 0.259 e. The molecule has 2 N–H and O–H groups in total. The van der Waals surface area contributed by atoms with Crippen molar-refractivity contribution in [1.29, 1.82) is 0 Å². The molecule has 1 fully saturated rings. The van der Waals surface area contributed by atoms with Gasteiger partial charge in [-0.25, -0.2) is 0 Å². The molecule has 1 aliphatic rings. The van der Waals surface area contributed by atoms with Crippen LogP contribution in [0.25, 0.3) is 0 Å². The first-order valence-electron chi connectivity index (χ1n) is 8.07. The van der Waals surface area contributed by atoms with E-state index in [1.807, 2.05) is 30.3 Å². The molecule has 0 saturated heterocycles. The lowest BCUT2D eigenvalue weighted by atomic mass is 10.2. The van der Waals surface area contributed by atoms with Crippen molar-refractivity contribution in [3.8, 4) is 5.75 Å². The highest BCUT2D eigenvalue weighted by molar-refractivity contribution is 6.06. The van der Waals surface area contributed by atoms with Crippen LogP contribution in [-0.4, -0.2) is 25.0 Å². The minimum absolute atomic E-state index is 0.0949. The molecule has 1 saturated carbocycles. The van der Waals surface area contributed by atoms with E-state index in [-0.39, 0.29) is 18.4 Å². The molecule has 0 radical (unpaired) electrons. The average Bonchev–Trinajstić information content (AvgIpc) is 3.43. The molecule has 124 valence electrons. The molecule has 2 aromatic rings. The Labute approximate surface area is 141 Å². The number of anilines is 1. The molecule has 1 aliphatic carbocycles. The average molecular weight is 324 g/mol. The van der Waals surface area contributed by atoms with Gasteiger partial charge in [0.15, 0.2) is 6.61 Å². The van der Waals surface area contributed by atoms with E-state index >= 15 is 0 Å². The van der Waals surface area contributed by atoms with Crippen LogP contribution in [-0.2, 0) is 4.79 Å². The van der Waals surface area contributed by atoms with Gasteiger partial charge in [-0.2, -0.15) is 0 Å². The molecule has 0 heterocycles. The van der Waals surface area contributed by atoms with Crippen molar-refractivity contribution in [2.45, 2.75) is 12.8 Å². The Balaban J connectivity index is 1.59. The molecule has 0 spiro atoms. The van der Waals surface area contributed by atoms with E-state index in [4.69, 9.17) is 4.74 Å². The lowest BCUT2D eigenvalue weighted by Gasteiger charge is -2.12. The number of hydrogen-bond acceptors (Lipinski definition) is 3. The minimum Gasteiger partial charge on any atom is -0.483 e. The third-order valence-electron chi connectivity index (χ3n) is 3.81. The van der Waals surface area contributed by atoms with E-state index in [1.54, 1.807) is 24.3 Å². The van der Waals surface area contributed by atoms with Crippen molar-refractivity contribution in [3.63, 3.8) is 0 Å². The fourth-order valence-corrected chi connectivity index (χ4v) is 2.27. The zero-order chi connectivity index (χ0) is 16.8. The summed E-state index contributed by atoms with van der Waals surface area (Å²) < 4.78 is 5.54. The first-order chi connectivity index (χ1) is 11.7. The number of para-hydroxylation sites is 2. The van der Waals surface area contributed by atoms with E-state index in [1.165, 1.54) is 12.8 Å². The molecule has 5 heteroatoms. The topological polar surface area (TPSA) is 67.4 Å². The van der Waals surface area contributed by atoms with E-state index in [9.17, 15) is 9.59 Å². The number of carbonyl (C=O) groups is 2. The largest absolute Gasteiger partial charge is 0.483 e. The molecule has 3 rings (SSSR count). The molecule has 0 aromatic heterocycles. The van der Waals surface area contributed by atoms with Crippen molar-refractivity contribution < 1.29 is 14.3 Å². The van der Waals surface area contributed by atoms with E-state index in [0.29, 0.717) is 29.5 Å².